The van der Waals surface area contributed by atoms with Crippen LogP contribution in [0, 0.1) is 5.92 Å². The van der Waals surface area contributed by atoms with Crippen LogP contribution in [0.4, 0.5) is 10.6 Å². The Kier molecular flexibility index (Phi) is 3.79. The second-order valence-corrected chi connectivity index (χ2v) is 5.67. The van der Waals surface area contributed by atoms with Crippen LogP contribution in [-0.4, -0.2) is 45.9 Å². The first-order valence-electron chi connectivity index (χ1n) is 7.36. The average molecular weight is 303 g/mol. The van der Waals surface area contributed by atoms with E-state index >= 15 is 0 Å². The van der Waals surface area contributed by atoms with Crippen LogP contribution in [0.3, 0.4) is 0 Å². The number of hydrogen-bond donors (Lipinski definition) is 2. The molecule has 22 heavy (non-hydrogen) atoms. The van der Waals surface area contributed by atoms with Crippen molar-refractivity contribution in [1.82, 2.24) is 9.88 Å². The maximum absolute atomic E-state index is 12.1. The molecule has 2 amide bonds. The first kappa shape index (κ1) is 14.5. The zero-order valence-electron chi connectivity index (χ0n) is 12.0. The molecular weight excluding hydrogens is 286 g/mol. The van der Waals surface area contributed by atoms with Crippen molar-refractivity contribution in [2.24, 2.45) is 5.92 Å². The number of carbonyl (C=O) groups is 3. The van der Waals surface area contributed by atoms with Crippen molar-refractivity contribution in [2.75, 3.05) is 18.4 Å². The quantitative estimate of drug-likeness (QED) is 0.863. The monoisotopic (exact) mass is 303 g/mol. The minimum absolute atomic E-state index is 0.0930. The zero-order chi connectivity index (χ0) is 15.7. The average Bonchev–Trinajstić information content (AvgIpc) is 2.97. The molecule has 0 spiro atoms. The van der Waals surface area contributed by atoms with Gasteiger partial charge in [0.1, 0.15) is 5.82 Å². The van der Waals surface area contributed by atoms with E-state index in [0.29, 0.717) is 30.8 Å². The number of carbonyl (C=O) groups excluding carboxylic acids is 2. The third kappa shape index (κ3) is 2.79. The molecule has 1 unspecified atom stereocenters. The Morgan fingerprint density at radius 3 is 2.86 bits per heavy atom. The summed E-state index contributed by atoms with van der Waals surface area (Å²) in [5, 5.41) is 11.6. The van der Waals surface area contributed by atoms with Gasteiger partial charge < -0.3 is 10.0 Å². The zero-order valence-corrected chi connectivity index (χ0v) is 12.0. The Balaban J connectivity index is 1.67. The number of aliphatic carboxylic acids is 1. The summed E-state index contributed by atoms with van der Waals surface area (Å²) in [5.41, 5.74) is 1.36. The summed E-state index contributed by atoms with van der Waals surface area (Å²) in [4.78, 5) is 40.6. The molecule has 3 rings (SSSR count). The number of fused-ring (bicyclic) bond motifs is 1. The number of ketones is 1. The number of carboxylic acid groups (broad SMARTS) is 1. The molecule has 0 saturated carbocycles. The Labute approximate surface area is 127 Å². The molecule has 1 aromatic heterocycles. The summed E-state index contributed by atoms with van der Waals surface area (Å²) in [6, 6.07) is 2.96. The van der Waals surface area contributed by atoms with Crippen LogP contribution in [-0.2, 0) is 11.2 Å². The molecule has 7 heteroatoms. The first-order chi connectivity index (χ1) is 10.5. The Morgan fingerprint density at radius 2 is 2.14 bits per heavy atom. The molecule has 0 bridgehead atoms. The Bertz CT molecular complexity index is 644. The van der Waals surface area contributed by atoms with Crippen molar-refractivity contribution < 1.29 is 19.5 Å². The number of likely N-dealkylation sites (tertiary alicyclic amines) is 1. The predicted molar refractivity (Wildman–Crippen MR) is 77.8 cm³/mol. The van der Waals surface area contributed by atoms with Crippen molar-refractivity contribution >= 4 is 23.6 Å². The van der Waals surface area contributed by atoms with E-state index in [1.807, 2.05) is 0 Å². The number of pyridine rings is 1. The van der Waals surface area contributed by atoms with E-state index < -0.39 is 11.9 Å². The summed E-state index contributed by atoms with van der Waals surface area (Å²) in [6.07, 6.45) is 2.53. The Morgan fingerprint density at radius 1 is 1.32 bits per heavy atom. The van der Waals surface area contributed by atoms with Gasteiger partial charge in [-0.05, 0) is 31.4 Å². The van der Waals surface area contributed by atoms with Crippen molar-refractivity contribution in [3.05, 3.63) is 23.4 Å². The van der Waals surface area contributed by atoms with Crippen LogP contribution in [0.5, 0.6) is 0 Å². The molecule has 0 aromatic carbocycles. The van der Waals surface area contributed by atoms with Gasteiger partial charge >= 0.3 is 12.0 Å². The molecule has 1 saturated heterocycles. The van der Waals surface area contributed by atoms with Gasteiger partial charge in [-0.25, -0.2) is 9.78 Å². The maximum Gasteiger partial charge on any atom is 0.323 e. The number of rotatable bonds is 2. The van der Waals surface area contributed by atoms with Crippen molar-refractivity contribution in [2.45, 2.75) is 25.7 Å². The number of Topliss-reactive ketones (excluding diaryl/α,β-unsaturated/α-hetero) is 1. The highest BCUT2D eigenvalue weighted by Crippen LogP contribution is 2.22. The third-order valence-corrected chi connectivity index (χ3v) is 4.15. The van der Waals surface area contributed by atoms with Gasteiger partial charge in [-0.15, -0.1) is 0 Å². The fourth-order valence-corrected chi connectivity index (χ4v) is 2.90. The lowest BCUT2D eigenvalue weighted by Crippen LogP contribution is -2.34. The summed E-state index contributed by atoms with van der Waals surface area (Å²) >= 11 is 0. The van der Waals surface area contributed by atoms with Gasteiger partial charge in [0.15, 0.2) is 5.78 Å². The third-order valence-electron chi connectivity index (χ3n) is 4.15. The number of carboxylic acids is 1. The molecule has 2 heterocycles. The number of anilines is 1. The molecule has 2 aliphatic rings. The lowest BCUT2D eigenvalue weighted by molar-refractivity contribution is -0.141. The van der Waals surface area contributed by atoms with Crippen molar-refractivity contribution in [3.8, 4) is 0 Å². The van der Waals surface area contributed by atoms with E-state index in [9.17, 15) is 14.4 Å². The van der Waals surface area contributed by atoms with Crippen LogP contribution in [0.25, 0.3) is 0 Å². The summed E-state index contributed by atoms with van der Waals surface area (Å²) in [5.74, 6) is -0.881. The Hall–Kier alpha value is -2.44. The van der Waals surface area contributed by atoms with Gasteiger partial charge in [0, 0.05) is 25.1 Å². The standard InChI is InChI=1S/C15H17N3O4/c19-12-3-1-2-11-10(12)4-5-13(16-11)17-15(22)18-7-6-9(8-18)14(20)21/h4-5,9H,1-3,6-8H2,(H,20,21)(H,16,17,22). The summed E-state index contributed by atoms with van der Waals surface area (Å²) in [6.45, 7) is 0.636. The van der Waals surface area contributed by atoms with Crippen LogP contribution < -0.4 is 5.32 Å². The van der Waals surface area contributed by atoms with Crippen molar-refractivity contribution in [3.63, 3.8) is 0 Å². The van der Waals surface area contributed by atoms with Gasteiger partial charge in [0.05, 0.1) is 11.6 Å². The van der Waals surface area contributed by atoms with E-state index in [2.05, 4.69) is 10.3 Å². The molecule has 1 aromatic rings. The van der Waals surface area contributed by atoms with E-state index in [1.54, 1.807) is 12.1 Å². The molecule has 0 radical (unpaired) electrons. The highest BCUT2D eigenvalue weighted by atomic mass is 16.4. The van der Waals surface area contributed by atoms with Gasteiger partial charge in [-0.1, -0.05) is 0 Å². The number of aryl methyl sites for hydroxylation is 1. The predicted octanol–water partition coefficient (Wildman–Crippen LogP) is 1.54. The highest BCUT2D eigenvalue weighted by Gasteiger charge is 2.31. The van der Waals surface area contributed by atoms with E-state index in [1.165, 1.54) is 4.90 Å². The normalized spacial score (nSPS) is 20.6. The van der Waals surface area contributed by atoms with E-state index in [4.69, 9.17) is 5.11 Å². The minimum Gasteiger partial charge on any atom is -0.481 e. The number of nitrogens with one attached hydrogen (secondary N) is 1. The topological polar surface area (TPSA) is 99.6 Å². The van der Waals surface area contributed by atoms with Crippen LogP contribution >= 0.6 is 0 Å². The van der Waals surface area contributed by atoms with Crippen LogP contribution in [0.1, 0.15) is 35.3 Å². The first-order valence-corrected chi connectivity index (χ1v) is 7.36. The van der Waals surface area contributed by atoms with Gasteiger partial charge in [0.25, 0.3) is 0 Å². The fourth-order valence-electron chi connectivity index (χ4n) is 2.90. The highest BCUT2D eigenvalue weighted by molar-refractivity contribution is 5.98. The molecule has 1 fully saturated rings. The molecule has 7 nitrogen and oxygen atoms in total. The molecule has 1 atom stereocenters. The number of amides is 2. The SMILES string of the molecule is O=C1CCCc2nc(NC(=O)N3CCC(C(=O)O)C3)ccc21. The van der Waals surface area contributed by atoms with Crippen molar-refractivity contribution in [1.29, 1.82) is 0 Å². The van der Waals surface area contributed by atoms with Gasteiger partial charge in [-0.2, -0.15) is 0 Å². The lowest BCUT2D eigenvalue weighted by atomic mass is 9.95. The lowest BCUT2D eigenvalue weighted by Gasteiger charge is -2.18. The number of aromatic nitrogens is 1. The number of nitrogens with zero attached hydrogens (tertiary/aromatic N) is 2. The second-order valence-electron chi connectivity index (χ2n) is 5.67. The summed E-state index contributed by atoms with van der Waals surface area (Å²) < 4.78 is 0. The smallest absolute Gasteiger partial charge is 0.323 e. The second kappa shape index (κ2) is 5.75. The fraction of sp³-hybridized carbons (Fsp3) is 0.467. The molecule has 1 aliphatic heterocycles. The summed E-state index contributed by atoms with van der Waals surface area (Å²) in [7, 11) is 0. The molecular formula is C15H17N3O4. The largest absolute Gasteiger partial charge is 0.481 e. The van der Waals surface area contributed by atoms with E-state index in [-0.39, 0.29) is 18.4 Å². The van der Waals surface area contributed by atoms with Crippen LogP contribution in [0.2, 0.25) is 0 Å². The number of hydrogen-bond acceptors (Lipinski definition) is 4. The van der Waals surface area contributed by atoms with Gasteiger partial charge in [-0.3, -0.25) is 14.9 Å². The molecule has 116 valence electrons. The van der Waals surface area contributed by atoms with Crippen LogP contribution in [0.15, 0.2) is 12.1 Å². The molecule has 1 aliphatic carbocycles. The van der Waals surface area contributed by atoms with Gasteiger partial charge in [0.2, 0.25) is 0 Å². The minimum atomic E-state index is -0.874. The molecule has 2 N–H and O–H groups in total. The number of urea groups is 1. The van der Waals surface area contributed by atoms with E-state index in [0.717, 1.165) is 18.5 Å². The maximum atomic E-state index is 12.1.